The number of carbonyl (C=O) groups excluding carboxylic acids is 4. The number of hydrogen-bond acceptors (Lipinski definition) is 10. The van der Waals surface area contributed by atoms with E-state index in [9.17, 15) is 47.0 Å². The van der Waals surface area contributed by atoms with Crippen molar-refractivity contribution in [3.8, 4) is 0 Å². The third-order valence-corrected chi connectivity index (χ3v) is 15.5. The SMILES string of the molecule is COC(=O)c1ccc(CCCN2C(=O)C(F)(F)C[C@@H]2/C=C/[C@@H](O)[C@@H](C)CCCCc2ccccc2)s1.COC(=O)c1ccc(CCCN2C(=O)C(F)(F)C[C@@H]2/C=C/[C@H](O)[C@@H](C)CCCCc2ccccc2)s1. The predicted molar refractivity (Wildman–Crippen MR) is 275 cm³/mol. The standard InChI is InChI=1S/2C28H35F2NO4S/c2*1-20(9-6-7-12-21-10-4-3-5-11-21)24(32)16-14-22-19-28(29,30)27(34)31(22)18-8-13-23-15-17-25(36-23)26(33)35-2/h2*3-5,10-11,14-17,20,22,24,32H,6-9,12-13,18-19H2,1-2H3/b2*16-14+/t20-,22-,24+;20-,22-,24-/m00/s1. The van der Waals surface area contributed by atoms with E-state index in [0.717, 1.165) is 61.1 Å². The number of benzene rings is 2. The molecule has 2 amide bonds. The van der Waals surface area contributed by atoms with E-state index in [4.69, 9.17) is 9.47 Å². The summed E-state index contributed by atoms with van der Waals surface area (Å²) in [5, 5.41) is 21.1. The van der Waals surface area contributed by atoms with Crippen molar-refractivity contribution < 1.29 is 56.4 Å². The van der Waals surface area contributed by atoms with E-state index in [1.54, 1.807) is 36.4 Å². The van der Waals surface area contributed by atoms with Crippen LogP contribution in [0.2, 0.25) is 0 Å². The highest BCUT2D eigenvalue weighted by molar-refractivity contribution is 7.14. The fraction of sp³-hybridized carbons (Fsp3) is 0.500. The Kier molecular flexibility index (Phi) is 22.7. The van der Waals surface area contributed by atoms with Gasteiger partial charge < -0.3 is 29.5 Å². The number of halogens is 4. The molecule has 392 valence electrons. The molecule has 0 spiro atoms. The van der Waals surface area contributed by atoms with Crippen molar-refractivity contribution in [2.45, 2.75) is 140 Å². The molecule has 10 nitrogen and oxygen atoms in total. The quantitative estimate of drug-likeness (QED) is 0.0275. The lowest BCUT2D eigenvalue weighted by molar-refractivity contribution is -0.148. The molecule has 72 heavy (non-hydrogen) atoms. The number of carbonyl (C=O) groups is 4. The number of aliphatic hydroxyl groups is 2. The Morgan fingerprint density at radius 2 is 0.972 bits per heavy atom. The third kappa shape index (κ3) is 17.5. The predicted octanol–water partition coefficient (Wildman–Crippen LogP) is 11.3. The van der Waals surface area contributed by atoms with Gasteiger partial charge in [0.25, 0.3) is 11.8 Å². The minimum absolute atomic E-state index is 0.00840. The molecule has 16 heteroatoms. The highest BCUT2D eigenvalue weighted by atomic mass is 32.1. The topological polar surface area (TPSA) is 134 Å². The number of thiophene rings is 2. The van der Waals surface area contributed by atoms with E-state index in [1.807, 2.05) is 62.4 Å². The maximum absolute atomic E-state index is 14.2. The summed E-state index contributed by atoms with van der Waals surface area (Å²) in [4.78, 5) is 53.1. The van der Waals surface area contributed by atoms with E-state index in [0.29, 0.717) is 35.4 Å². The normalized spacial score (nSPS) is 19.1. The second kappa shape index (κ2) is 28.3. The summed E-state index contributed by atoms with van der Waals surface area (Å²) in [5.74, 6) is -9.96. The molecule has 2 N–H and O–H groups in total. The Morgan fingerprint density at radius 1 is 0.597 bits per heavy atom. The maximum atomic E-state index is 14.2. The van der Waals surface area contributed by atoms with Crippen molar-refractivity contribution in [2.75, 3.05) is 27.3 Å². The van der Waals surface area contributed by atoms with Crippen LogP contribution in [0, 0.1) is 11.8 Å². The Labute approximate surface area is 429 Å². The summed E-state index contributed by atoms with van der Waals surface area (Å²) in [6, 6.07) is 26.0. The van der Waals surface area contributed by atoms with Crippen LogP contribution in [0.4, 0.5) is 17.6 Å². The summed E-state index contributed by atoms with van der Waals surface area (Å²) in [7, 11) is 2.64. The zero-order valence-electron chi connectivity index (χ0n) is 41.7. The van der Waals surface area contributed by atoms with Gasteiger partial charge in [0.05, 0.1) is 38.5 Å². The van der Waals surface area contributed by atoms with Gasteiger partial charge in [0.15, 0.2) is 0 Å². The lowest BCUT2D eigenvalue weighted by Crippen LogP contribution is -2.36. The lowest BCUT2D eigenvalue weighted by atomic mass is 9.95. The number of methoxy groups -OCH3 is 2. The van der Waals surface area contributed by atoms with E-state index < -0.39 is 72.7 Å². The average Bonchev–Trinajstić information content (AvgIpc) is 4.15. The van der Waals surface area contributed by atoms with E-state index in [1.165, 1.54) is 57.8 Å². The summed E-state index contributed by atoms with van der Waals surface area (Å²) in [6.07, 6.45) is 13.3. The molecule has 0 unspecified atom stereocenters. The van der Waals surface area contributed by atoms with Gasteiger partial charge in [-0.15, -0.1) is 22.7 Å². The zero-order valence-corrected chi connectivity index (χ0v) is 43.4. The Hall–Kier alpha value is -5.16. The molecule has 2 saturated heterocycles. The number of ether oxygens (including phenoxy) is 2. The molecule has 2 aliphatic rings. The summed E-state index contributed by atoms with van der Waals surface area (Å²) >= 11 is 2.60. The molecule has 0 saturated carbocycles. The average molecular weight is 1040 g/mol. The van der Waals surface area contributed by atoms with Gasteiger partial charge in [-0.1, -0.05) is 112 Å². The number of nitrogens with zero attached hydrogens (tertiary/aromatic N) is 2. The van der Waals surface area contributed by atoms with Gasteiger partial charge in [-0.05, 0) is 111 Å². The number of likely N-dealkylation sites (tertiary alicyclic amines) is 2. The number of rotatable bonds is 26. The van der Waals surface area contributed by atoms with Crippen LogP contribution in [0.15, 0.2) is 109 Å². The number of esters is 2. The van der Waals surface area contributed by atoms with Crippen molar-refractivity contribution >= 4 is 46.4 Å². The van der Waals surface area contributed by atoms with Crippen LogP contribution in [0.25, 0.3) is 0 Å². The number of unbranched alkanes of at least 4 members (excludes halogenated alkanes) is 2. The first-order chi connectivity index (χ1) is 34.4. The fourth-order valence-corrected chi connectivity index (χ4v) is 10.8. The van der Waals surface area contributed by atoms with Crippen molar-refractivity contribution in [3.05, 3.63) is 140 Å². The molecule has 2 aromatic carbocycles. The second-order valence-corrected chi connectivity index (χ2v) is 21.2. The van der Waals surface area contributed by atoms with Gasteiger partial charge in [0, 0.05) is 35.7 Å². The van der Waals surface area contributed by atoms with Crippen molar-refractivity contribution in [1.29, 1.82) is 0 Å². The Bertz CT molecular complexity index is 2210. The molecular formula is C56H70F4N2O8S2. The van der Waals surface area contributed by atoms with Gasteiger partial charge in [0.2, 0.25) is 0 Å². The second-order valence-electron chi connectivity index (χ2n) is 18.8. The molecule has 0 radical (unpaired) electrons. The highest BCUT2D eigenvalue weighted by Crippen LogP contribution is 2.36. The van der Waals surface area contributed by atoms with Crippen LogP contribution in [0.3, 0.4) is 0 Å². The molecule has 4 heterocycles. The zero-order chi connectivity index (χ0) is 52.3. The van der Waals surface area contributed by atoms with Gasteiger partial charge in [-0.25, -0.2) is 9.59 Å². The van der Waals surface area contributed by atoms with Crippen LogP contribution in [-0.2, 0) is 44.7 Å². The first-order valence-electron chi connectivity index (χ1n) is 24.9. The maximum Gasteiger partial charge on any atom is 0.348 e. The number of alkyl halides is 4. The van der Waals surface area contributed by atoms with Gasteiger partial charge >= 0.3 is 23.8 Å². The number of aryl methyl sites for hydroxylation is 4. The molecule has 2 aliphatic heterocycles. The van der Waals surface area contributed by atoms with Crippen LogP contribution in [0.1, 0.15) is 118 Å². The number of amides is 2. The smallest absolute Gasteiger partial charge is 0.348 e. The van der Waals surface area contributed by atoms with Crippen molar-refractivity contribution in [2.24, 2.45) is 11.8 Å². The van der Waals surface area contributed by atoms with Crippen molar-refractivity contribution in [1.82, 2.24) is 9.80 Å². The number of aliphatic hydroxyl groups excluding tert-OH is 2. The van der Waals surface area contributed by atoms with Gasteiger partial charge in [-0.3, -0.25) is 9.59 Å². The highest BCUT2D eigenvalue weighted by Gasteiger charge is 2.53. The van der Waals surface area contributed by atoms with Crippen LogP contribution in [0.5, 0.6) is 0 Å². The molecule has 6 atom stereocenters. The molecular weight excluding hydrogens is 969 g/mol. The molecule has 2 aromatic heterocycles. The minimum atomic E-state index is -3.40. The van der Waals surface area contributed by atoms with Crippen LogP contribution < -0.4 is 0 Å². The Morgan fingerprint density at radius 3 is 1.33 bits per heavy atom. The first-order valence-corrected chi connectivity index (χ1v) is 26.6. The third-order valence-electron chi connectivity index (χ3n) is 13.3. The largest absolute Gasteiger partial charge is 0.465 e. The summed E-state index contributed by atoms with van der Waals surface area (Å²) in [5.41, 5.74) is 2.58. The molecule has 0 bridgehead atoms. The van der Waals surface area contributed by atoms with E-state index in [2.05, 4.69) is 24.3 Å². The van der Waals surface area contributed by atoms with E-state index in [-0.39, 0.29) is 24.9 Å². The lowest BCUT2D eigenvalue weighted by Gasteiger charge is -2.22. The number of hydrogen-bond donors (Lipinski definition) is 2. The first kappa shape index (κ1) is 57.7. The molecule has 2 fully saturated rings. The van der Waals surface area contributed by atoms with E-state index >= 15 is 0 Å². The summed E-state index contributed by atoms with van der Waals surface area (Å²) in [6.45, 7) is 4.26. The van der Waals surface area contributed by atoms with Gasteiger partial charge in [0.1, 0.15) is 9.75 Å². The van der Waals surface area contributed by atoms with Crippen LogP contribution in [-0.4, -0.2) is 107 Å². The van der Waals surface area contributed by atoms with Crippen molar-refractivity contribution in [3.63, 3.8) is 0 Å². The summed E-state index contributed by atoms with van der Waals surface area (Å²) < 4.78 is 66.2. The minimum Gasteiger partial charge on any atom is -0.465 e. The Balaban J connectivity index is 0.000000267. The van der Waals surface area contributed by atoms with Gasteiger partial charge in [-0.2, -0.15) is 17.6 Å². The fourth-order valence-electron chi connectivity index (χ4n) is 8.90. The van der Waals surface area contributed by atoms with Crippen LogP contribution >= 0.6 is 22.7 Å². The molecule has 6 rings (SSSR count). The molecule has 0 aliphatic carbocycles. The molecule has 4 aromatic rings. The monoisotopic (exact) mass is 1040 g/mol.